The van der Waals surface area contributed by atoms with Gasteiger partial charge in [-0.3, -0.25) is 9.69 Å². The van der Waals surface area contributed by atoms with Gasteiger partial charge in [0.1, 0.15) is 11.4 Å². The van der Waals surface area contributed by atoms with E-state index in [0.717, 1.165) is 26.1 Å². The molecule has 1 aliphatic rings. The first-order valence-corrected chi connectivity index (χ1v) is 7.08. The Bertz CT molecular complexity index is 491. The molecular weight excluding hydrogens is 254 g/mol. The second-order valence-electron chi connectivity index (χ2n) is 6.32. The van der Waals surface area contributed by atoms with Gasteiger partial charge in [-0.2, -0.15) is 0 Å². The number of carbonyl (C=O) groups excluding carboxylic acids is 1. The van der Waals surface area contributed by atoms with Gasteiger partial charge in [0.05, 0.1) is 6.42 Å². The fraction of sp³-hybridized carbons (Fsp3) is 0.562. The minimum absolute atomic E-state index is 0.144. The molecule has 110 valence electrons. The highest BCUT2D eigenvalue weighted by atomic mass is 16.6. The fourth-order valence-corrected chi connectivity index (χ4v) is 2.43. The van der Waals surface area contributed by atoms with Crippen LogP contribution in [0.1, 0.15) is 38.3 Å². The highest BCUT2D eigenvalue weighted by Crippen LogP contribution is 2.23. The number of phenols is 1. The Morgan fingerprint density at radius 3 is 2.80 bits per heavy atom. The Kier molecular flexibility index (Phi) is 4.33. The van der Waals surface area contributed by atoms with E-state index in [2.05, 4.69) is 4.90 Å². The second kappa shape index (κ2) is 5.83. The van der Waals surface area contributed by atoms with Crippen LogP contribution < -0.4 is 0 Å². The van der Waals surface area contributed by atoms with Gasteiger partial charge in [0.2, 0.25) is 0 Å². The zero-order chi connectivity index (χ0) is 14.8. The molecule has 0 bridgehead atoms. The zero-order valence-corrected chi connectivity index (χ0v) is 12.5. The van der Waals surface area contributed by atoms with Gasteiger partial charge in [0.25, 0.3) is 0 Å². The number of nitrogens with zero attached hydrogens (tertiary/aromatic N) is 1. The lowest BCUT2D eigenvalue weighted by Gasteiger charge is -2.29. The number of phenolic OH excluding ortho intramolecular Hbond substituents is 1. The average Bonchev–Trinajstić information content (AvgIpc) is 2.34. The molecule has 0 unspecified atom stereocenters. The number of ether oxygens (including phenoxy) is 1. The van der Waals surface area contributed by atoms with E-state index in [1.165, 1.54) is 11.1 Å². The summed E-state index contributed by atoms with van der Waals surface area (Å²) in [4.78, 5) is 14.0. The van der Waals surface area contributed by atoms with Crippen LogP contribution in [0.2, 0.25) is 0 Å². The molecule has 0 saturated carbocycles. The van der Waals surface area contributed by atoms with E-state index in [1.807, 2.05) is 32.9 Å². The van der Waals surface area contributed by atoms with Gasteiger partial charge in [-0.05, 0) is 50.5 Å². The van der Waals surface area contributed by atoms with Crippen LogP contribution >= 0.6 is 0 Å². The van der Waals surface area contributed by atoms with Gasteiger partial charge in [-0.15, -0.1) is 0 Å². The van der Waals surface area contributed by atoms with E-state index in [4.69, 9.17) is 4.74 Å². The predicted octanol–water partition coefficient (Wildman–Crippen LogP) is 2.48. The maximum Gasteiger partial charge on any atom is 0.307 e. The van der Waals surface area contributed by atoms with Crippen LogP contribution in [0.25, 0.3) is 0 Å². The first kappa shape index (κ1) is 14.9. The van der Waals surface area contributed by atoms with Crippen molar-refractivity contribution in [3.8, 4) is 5.75 Å². The van der Waals surface area contributed by atoms with Crippen molar-refractivity contribution in [1.82, 2.24) is 4.90 Å². The number of carbonyl (C=O) groups is 1. The number of esters is 1. The summed E-state index contributed by atoms with van der Waals surface area (Å²) in [5, 5.41) is 9.46. The number of hydrogen-bond acceptors (Lipinski definition) is 4. The quantitative estimate of drug-likeness (QED) is 0.862. The highest BCUT2D eigenvalue weighted by Gasteiger charge is 2.20. The summed E-state index contributed by atoms with van der Waals surface area (Å²) < 4.78 is 5.32. The van der Waals surface area contributed by atoms with Crippen molar-refractivity contribution in [2.45, 2.75) is 45.8 Å². The van der Waals surface area contributed by atoms with E-state index < -0.39 is 5.60 Å². The topological polar surface area (TPSA) is 49.8 Å². The fourth-order valence-electron chi connectivity index (χ4n) is 2.43. The minimum Gasteiger partial charge on any atom is -0.508 e. The maximum absolute atomic E-state index is 11.7. The summed E-state index contributed by atoms with van der Waals surface area (Å²) in [6.45, 7) is 8.12. The molecule has 4 heteroatoms. The summed E-state index contributed by atoms with van der Waals surface area (Å²) in [6, 6.07) is 5.51. The summed E-state index contributed by atoms with van der Waals surface area (Å²) >= 11 is 0. The zero-order valence-electron chi connectivity index (χ0n) is 12.5. The summed E-state index contributed by atoms with van der Waals surface area (Å²) in [7, 11) is 0. The molecule has 0 saturated heterocycles. The van der Waals surface area contributed by atoms with Crippen LogP contribution in [0.3, 0.4) is 0 Å². The summed E-state index contributed by atoms with van der Waals surface area (Å²) in [5.74, 6) is 0.181. The number of rotatable bonds is 3. The Morgan fingerprint density at radius 2 is 2.10 bits per heavy atom. The third kappa shape index (κ3) is 4.23. The molecule has 20 heavy (non-hydrogen) atoms. The van der Waals surface area contributed by atoms with Crippen molar-refractivity contribution in [3.05, 3.63) is 29.3 Å². The van der Waals surface area contributed by atoms with Crippen molar-refractivity contribution in [2.75, 3.05) is 13.1 Å². The summed E-state index contributed by atoms with van der Waals surface area (Å²) in [5.41, 5.74) is 2.03. The molecular formula is C16H23NO3. The van der Waals surface area contributed by atoms with Crippen LogP contribution in [0.4, 0.5) is 0 Å². The molecule has 0 spiro atoms. The SMILES string of the molecule is CC(C)(C)OC(=O)CCN1CCc2cc(O)ccc2C1. The lowest BCUT2D eigenvalue weighted by Crippen LogP contribution is -2.33. The Balaban J connectivity index is 1.85. The molecule has 1 aliphatic heterocycles. The summed E-state index contributed by atoms with van der Waals surface area (Å²) in [6.07, 6.45) is 1.34. The van der Waals surface area contributed by atoms with Gasteiger partial charge in [-0.1, -0.05) is 6.07 Å². The van der Waals surface area contributed by atoms with Gasteiger partial charge < -0.3 is 9.84 Å². The lowest BCUT2D eigenvalue weighted by atomic mass is 9.99. The molecule has 1 N–H and O–H groups in total. The van der Waals surface area contributed by atoms with E-state index in [9.17, 15) is 9.90 Å². The van der Waals surface area contributed by atoms with Crippen LogP contribution in [-0.2, 0) is 22.5 Å². The number of benzene rings is 1. The molecule has 0 amide bonds. The van der Waals surface area contributed by atoms with Crippen LogP contribution in [0.5, 0.6) is 5.75 Å². The maximum atomic E-state index is 11.7. The standard InChI is InChI=1S/C16H23NO3/c1-16(2,3)20-15(19)7-9-17-8-6-12-10-14(18)5-4-13(12)11-17/h4-5,10,18H,6-9,11H2,1-3H3. The Labute approximate surface area is 120 Å². The first-order valence-electron chi connectivity index (χ1n) is 7.08. The van der Waals surface area contributed by atoms with E-state index in [0.29, 0.717) is 12.2 Å². The van der Waals surface area contributed by atoms with Gasteiger partial charge in [0.15, 0.2) is 0 Å². The number of hydrogen-bond donors (Lipinski definition) is 1. The monoisotopic (exact) mass is 277 g/mol. The smallest absolute Gasteiger partial charge is 0.307 e. The third-order valence-electron chi connectivity index (χ3n) is 3.33. The van der Waals surface area contributed by atoms with Crippen molar-refractivity contribution in [2.24, 2.45) is 0 Å². The highest BCUT2D eigenvalue weighted by molar-refractivity contribution is 5.70. The Morgan fingerprint density at radius 1 is 1.35 bits per heavy atom. The van der Waals surface area contributed by atoms with Crippen molar-refractivity contribution in [3.63, 3.8) is 0 Å². The van der Waals surface area contributed by atoms with Crippen LogP contribution in [0, 0.1) is 0 Å². The minimum atomic E-state index is -0.414. The Hall–Kier alpha value is -1.55. The van der Waals surface area contributed by atoms with Crippen molar-refractivity contribution >= 4 is 5.97 Å². The molecule has 0 fully saturated rings. The molecule has 0 aliphatic carbocycles. The largest absolute Gasteiger partial charge is 0.508 e. The van der Waals surface area contributed by atoms with Crippen LogP contribution in [0.15, 0.2) is 18.2 Å². The lowest BCUT2D eigenvalue weighted by molar-refractivity contribution is -0.155. The van der Waals surface area contributed by atoms with Crippen molar-refractivity contribution in [1.29, 1.82) is 0 Å². The number of aromatic hydroxyl groups is 1. The molecule has 0 atom stereocenters. The third-order valence-corrected chi connectivity index (χ3v) is 3.33. The molecule has 4 nitrogen and oxygen atoms in total. The molecule has 1 heterocycles. The molecule has 0 aromatic heterocycles. The number of fused-ring (bicyclic) bond motifs is 1. The van der Waals surface area contributed by atoms with Gasteiger partial charge >= 0.3 is 5.97 Å². The van der Waals surface area contributed by atoms with Gasteiger partial charge in [0, 0.05) is 19.6 Å². The van der Waals surface area contributed by atoms with Gasteiger partial charge in [-0.25, -0.2) is 0 Å². The molecule has 1 aromatic rings. The molecule has 1 aromatic carbocycles. The van der Waals surface area contributed by atoms with Crippen LogP contribution in [-0.4, -0.2) is 34.7 Å². The van der Waals surface area contributed by atoms with E-state index >= 15 is 0 Å². The van der Waals surface area contributed by atoms with Crippen molar-refractivity contribution < 1.29 is 14.6 Å². The first-order chi connectivity index (χ1) is 9.33. The van der Waals surface area contributed by atoms with E-state index in [1.54, 1.807) is 6.07 Å². The predicted molar refractivity (Wildman–Crippen MR) is 77.5 cm³/mol. The normalized spacial score (nSPS) is 15.8. The molecule has 2 rings (SSSR count). The average molecular weight is 277 g/mol. The molecule has 0 radical (unpaired) electrons. The second-order valence-corrected chi connectivity index (χ2v) is 6.32. The van der Waals surface area contributed by atoms with E-state index in [-0.39, 0.29) is 5.97 Å².